The topological polar surface area (TPSA) is 72.1 Å². The van der Waals surface area contributed by atoms with E-state index in [-0.39, 0.29) is 22.8 Å². The summed E-state index contributed by atoms with van der Waals surface area (Å²) in [5.41, 5.74) is 1.88. The van der Waals surface area contributed by atoms with Gasteiger partial charge in [0.1, 0.15) is 0 Å². The predicted octanol–water partition coefficient (Wildman–Crippen LogP) is 4.61. The Labute approximate surface area is 158 Å². The molecule has 0 N–H and O–H groups in total. The molecule has 6 heteroatoms. The normalized spacial score (nSPS) is 11.0. The molecule has 0 saturated heterocycles. The van der Waals surface area contributed by atoms with E-state index in [1.54, 1.807) is 0 Å². The van der Waals surface area contributed by atoms with Gasteiger partial charge in [0.25, 0.3) is 0 Å². The Hall–Kier alpha value is -1.14. The summed E-state index contributed by atoms with van der Waals surface area (Å²) in [6.07, 6.45) is 2.11. The summed E-state index contributed by atoms with van der Waals surface area (Å²) in [5.74, 6) is 0. The van der Waals surface area contributed by atoms with Crippen molar-refractivity contribution in [1.82, 2.24) is 0 Å². The molecule has 0 heterocycles. The molecule has 0 saturated carbocycles. The Bertz CT molecular complexity index is 483. The molecule has 0 aliphatic carbocycles. The zero-order chi connectivity index (χ0) is 19.1. The average molecular weight is 383 g/mol. The van der Waals surface area contributed by atoms with Crippen LogP contribution in [0.4, 0.5) is 0 Å². The summed E-state index contributed by atoms with van der Waals surface area (Å²) >= 11 is 0. The van der Waals surface area contributed by atoms with Crippen molar-refractivity contribution in [2.45, 2.75) is 46.1 Å². The van der Waals surface area contributed by atoms with Crippen LogP contribution in [0.1, 0.15) is 32.0 Å². The van der Waals surface area contributed by atoms with Crippen molar-refractivity contribution in [3.8, 4) is 0 Å². The second-order valence-corrected chi connectivity index (χ2v) is 12.1. The maximum atomic E-state index is 7.50. The summed E-state index contributed by atoms with van der Waals surface area (Å²) in [6.45, 7) is 27.2. The van der Waals surface area contributed by atoms with Crippen molar-refractivity contribution >= 4 is 14.3 Å². The second kappa shape index (κ2) is 16.7. The van der Waals surface area contributed by atoms with E-state index < -0.39 is 8.07 Å². The van der Waals surface area contributed by atoms with E-state index in [0.717, 1.165) is 0 Å². The van der Waals surface area contributed by atoms with Crippen molar-refractivity contribution in [1.29, 1.82) is 0 Å². The van der Waals surface area contributed by atoms with Gasteiger partial charge in [-0.25, -0.2) is 0 Å². The van der Waals surface area contributed by atoms with Crippen molar-refractivity contribution in [3.05, 3.63) is 55.8 Å². The number of hydrogen-bond donors (Lipinski definition) is 0. The molecule has 0 aliphatic rings. The summed E-state index contributed by atoms with van der Waals surface area (Å²) < 4.78 is 22.5. The van der Waals surface area contributed by atoms with E-state index >= 15 is 0 Å². The van der Waals surface area contributed by atoms with Crippen molar-refractivity contribution in [2.75, 3.05) is 0 Å². The van der Waals surface area contributed by atoms with Gasteiger partial charge in [-0.05, 0) is 11.0 Å². The molecule has 0 radical (unpaired) electrons. The fraction of sp³-hybridized carbons (Fsp3) is 0.444. The Kier molecular flexibility index (Phi) is 21.4. The number of hydrogen-bond acceptors (Lipinski definition) is 1. The Morgan fingerprint density at radius 3 is 1.58 bits per heavy atom. The molecule has 1 aromatic rings. The van der Waals surface area contributed by atoms with Crippen LogP contribution in [0.3, 0.4) is 0 Å². The van der Waals surface area contributed by atoms with E-state index in [1.807, 2.05) is 0 Å². The van der Waals surface area contributed by atoms with Gasteiger partial charge in [0.15, 0.2) is 0 Å². The van der Waals surface area contributed by atoms with Crippen LogP contribution in [0, 0.1) is 25.4 Å². The first kappa shape index (κ1) is 30.7. The number of rotatable bonds is 3. The van der Waals surface area contributed by atoms with Gasteiger partial charge < -0.3 is 0 Å². The number of nitrogens with zero attached hydrogens (tertiary/aromatic N) is 1. The van der Waals surface area contributed by atoms with Crippen LogP contribution in [0.2, 0.25) is 19.6 Å². The van der Waals surface area contributed by atoms with Crippen LogP contribution in [0.5, 0.6) is 0 Å². The molecular formula is C18H25CrNO3Si. The maximum Gasteiger partial charge on any atom is 0 e. The molecular weight excluding hydrogens is 358 g/mol. The molecule has 0 unspecified atom stereocenters. The van der Waals surface area contributed by atoms with Gasteiger partial charge >= 0.3 is 33.9 Å². The van der Waals surface area contributed by atoms with Gasteiger partial charge in [0.05, 0.1) is 13.7 Å². The quantitative estimate of drug-likeness (QED) is 0.317. The molecule has 1 aromatic carbocycles. The van der Waals surface area contributed by atoms with Gasteiger partial charge in [0, 0.05) is 23.6 Å². The standard InChI is InChI=1S/C15H25NSi.3CO.Cr/c1-15(2,3)12-16-14(17(4,5)6)13-10-8-7-9-11-13;3*1-2;/h7-12,14H,1-6H3;;;;/b16-12+;;;;/t14-;;;;/m0..../s1. The van der Waals surface area contributed by atoms with E-state index in [0.29, 0.717) is 5.67 Å². The van der Waals surface area contributed by atoms with Gasteiger partial charge in [-0.15, -0.1) is 0 Å². The monoisotopic (exact) mass is 383 g/mol. The molecule has 0 fully saturated rings. The SMILES string of the molecule is CC(C)(C)/C=N/[C@H](c1ccccc1)[Si](C)(C)C.[C-]#[O+].[C-]#[O+].[C-]#[O+].[Cr]. The average Bonchev–Trinajstić information content (AvgIpc) is 2.52. The van der Waals surface area contributed by atoms with Crippen LogP contribution in [-0.2, 0) is 31.3 Å². The third-order valence-electron chi connectivity index (χ3n) is 2.55. The minimum absolute atomic E-state index is 0. The third kappa shape index (κ3) is 15.7. The smallest absolute Gasteiger partial charge is 0 e. The Morgan fingerprint density at radius 2 is 1.29 bits per heavy atom. The van der Waals surface area contributed by atoms with Gasteiger partial charge in [0.2, 0.25) is 0 Å². The van der Waals surface area contributed by atoms with Crippen LogP contribution in [0.15, 0.2) is 35.3 Å². The third-order valence-corrected chi connectivity index (χ3v) is 4.67. The van der Waals surface area contributed by atoms with Crippen LogP contribution < -0.4 is 0 Å². The van der Waals surface area contributed by atoms with Crippen molar-refractivity contribution in [2.24, 2.45) is 10.4 Å². The summed E-state index contributed by atoms with van der Waals surface area (Å²) in [7, 11) is -1.33. The molecule has 130 valence electrons. The van der Waals surface area contributed by atoms with E-state index in [2.05, 4.69) is 96.9 Å². The van der Waals surface area contributed by atoms with Crippen molar-refractivity contribution < 1.29 is 31.3 Å². The minimum Gasteiger partial charge on any atom is 0 e. The van der Waals surface area contributed by atoms with Gasteiger partial charge in [-0.3, -0.25) is 4.99 Å². The van der Waals surface area contributed by atoms with Crippen LogP contribution in [0.25, 0.3) is 0 Å². The zero-order valence-electron chi connectivity index (χ0n) is 15.1. The fourth-order valence-corrected chi connectivity index (χ4v) is 3.46. The minimum atomic E-state index is -1.33. The fourth-order valence-electron chi connectivity index (χ4n) is 1.74. The second-order valence-electron chi connectivity index (χ2n) is 6.82. The molecule has 0 aromatic heterocycles. The molecule has 1 rings (SSSR count). The summed E-state index contributed by atoms with van der Waals surface area (Å²) in [5, 5.41) is 0. The van der Waals surface area contributed by atoms with Gasteiger partial charge in [-0.1, -0.05) is 70.7 Å². The summed E-state index contributed by atoms with van der Waals surface area (Å²) in [4.78, 5) is 4.87. The Morgan fingerprint density at radius 1 is 0.917 bits per heavy atom. The van der Waals surface area contributed by atoms with Gasteiger partial charge in [-0.2, -0.15) is 0 Å². The Balaban J connectivity index is -0.000000256. The predicted molar refractivity (Wildman–Crippen MR) is 92.3 cm³/mol. The first-order valence-corrected chi connectivity index (χ1v) is 10.5. The maximum absolute atomic E-state index is 7.50. The first-order chi connectivity index (χ1) is 10.7. The first-order valence-electron chi connectivity index (χ1n) is 6.91. The van der Waals surface area contributed by atoms with E-state index in [9.17, 15) is 0 Å². The molecule has 0 spiro atoms. The zero-order valence-corrected chi connectivity index (χ0v) is 17.4. The van der Waals surface area contributed by atoms with E-state index in [4.69, 9.17) is 18.9 Å². The molecule has 24 heavy (non-hydrogen) atoms. The molecule has 0 amide bonds. The summed E-state index contributed by atoms with van der Waals surface area (Å²) in [6, 6.07) is 10.7. The van der Waals surface area contributed by atoms with Crippen LogP contribution >= 0.6 is 0 Å². The van der Waals surface area contributed by atoms with Crippen molar-refractivity contribution in [3.63, 3.8) is 0 Å². The van der Waals surface area contributed by atoms with E-state index in [1.165, 1.54) is 5.56 Å². The number of aliphatic imine (C=N–C) groups is 1. The molecule has 4 nitrogen and oxygen atoms in total. The molecule has 1 atom stereocenters. The largest absolute Gasteiger partial charge is 0 e. The molecule has 0 aliphatic heterocycles. The van der Waals surface area contributed by atoms with Crippen LogP contribution in [-0.4, -0.2) is 14.3 Å². The molecule has 0 bridgehead atoms. The number of benzene rings is 1.